The van der Waals surface area contributed by atoms with Crippen molar-refractivity contribution in [2.45, 2.75) is 33.9 Å². The average molecular weight is 491 g/mol. The summed E-state index contributed by atoms with van der Waals surface area (Å²) in [6.45, 7) is 8.07. The number of benzene rings is 2. The number of halogens is 2. The van der Waals surface area contributed by atoms with Crippen molar-refractivity contribution in [3.63, 3.8) is 0 Å². The van der Waals surface area contributed by atoms with Gasteiger partial charge < -0.3 is 15.0 Å². The van der Waals surface area contributed by atoms with Gasteiger partial charge in [-0.3, -0.25) is 9.48 Å². The lowest BCUT2D eigenvalue weighted by molar-refractivity contribution is 0.102. The number of anilines is 1. The van der Waals surface area contributed by atoms with E-state index in [4.69, 9.17) is 16.3 Å². The molecule has 1 amide bonds. The highest BCUT2D eigenvalue weighted by Gasteiger charge is 2.13. The largest absolute Gasteiger partial charge is 0.493 e. The van der Waals surface area contributed by atoms with Crippen LogP contribution in [-0.2, 0) is 13.1 Å². The second kappa shape index (κ2) is 12.1. The second-order valence-corrected chi connectivity index (χ2v) is 9.11. The molecule has 2 aromatic carbocycles. The van der Waals surface area contributed by atoms with Crippen molar-refractivity contribution < 1.29 is 9.53 Å². The quantitative estimate of drug-likeness (QED) is 0.420. The van der Waals surface area contributed by atoms with E-state index in [-0.39, 0.29) is 18.3 Å². The molecule has 3 aromatic rings. The minimum Gasteiger partial charge on any atom is -0.493 e. The smallest absolute Gasteiger partial charge is 0.256 e. The number of rotatable bonds is 9. The zero-order chi connectivity index (χ0) is 23.3. The number of carbonyl (C=O) groups excluding carboxylic acids is 1. The lowest BCUT2D eigenvalue weighted by Crippen LogP contribution is -2.15. The van der Waals surface area contributed by atoms with Gasteiger partial charge in [0, 0.05) is 34.5 Å². The fourth-order valence-corrected chi connectivity index (χ4v) is 3.52. The number of hydrogen-bond donors (Lipinski definition) is 1. The van der Waals surface area contributed by atoms with E-state index >= 15 is 0 Å². The molecule has 0 unspecified atom stereocenters. The molecule has 0 saturated carbocycles. The summed E-state index contributed by atoms with van der Waals surface area (Å²) in [5.74, 6) is 1.54. The molecule has 178 valence electrons. The van der Waals surface area contributed by atoms with Crippen LogP contribution in [0, 0.1) is 12.8 Å². The fraction of sp³-hybridized carbons (Fsp3) is 0.360. The third kappa shape index (κ3) is 7.77. The van der Waals surface area contributed by atoms with Gasteiger partial charge in [0.05, 0.1) is 13.2 Å². The number of aromatic nitrogens is 2. The first-order chi connectivity index (χ1) is 15.2. The Morgan fingerprint density at radius 2 is 1.94 bits per heavy atom. The van der Waals surface area contributed by atoms with Crippen molar-refractivity contribution >= 4 is 35.7 Å². The van der Waals surface area contributed by atoms with Gasteiger partial charge in [-0.25, -0.2) is 0 Å². The number of aryl methyl sites for hydroxylation is 1. The molecule has 1 heterocycles. The molecule has 0 bridgehead atoms. The van der Waals surface area contributed by atoms with Crippen molar-refractivity contribution in [2.75, 3.05) is 26.0 Å². The molecule has 33 heavy (non-hydrogen) atoms. The Bertz CT molecular complexity index is 1080. The first-order valence-electron chi connectivity index (χ1n) is 10.7. The first-order valence-corrected chi connectivity index (χ1v) is 11.1. The van der Waals surface area contributed by atoms with Crippen LogP contribution < -0.4 is 10.1 Å². The molecule has 0 radical (unpaired) electrons. The molecule has 0 aliphatic heterocycles. The van der Waals surface area contributed by atoms with Crippen molar-refractivity contribution in [3.05, 3.63) is 75.9 Å². The first kappa shape index (κ1) is 26.7. The fourth-order valence-electron chi connectivity index (χ4n) is 3.33. The van der Waals surface area contributed by atoms with Crippen LogP contribution in [0.5, 0.6) is 5.75 Å². The van der Waals surface area contributed by atoms with E-state index in [2.05, 4.69) is 29.2 Å². The van der Waals surface area contributed by atoms with Crippen LogP contribution in [0.25, 0.3) is 0 Å². The maximum absolute atomic E-state index is 12.8. The van der Waals surface area contributed by atoms with Gasteiger partial charge in [0.1, 0.15) is 5.75 Å². The van der Waals surface area contributed by atoms with Crippen LogP contribution in [0.1, 0.15) is 41.0 Å². The number of ether oxygens (including phenoxy) is 1. The van der Waals surface area contributed by atoms with Gasteiger partial charge in [-0.05, 0) is 62.8 Å². The molecule has 6 nitrogen and oxygen atoms in total. The van der Waals surface area contributed by atoms with Crippen molar-refractivity contribution in [2.24, 2.45) is 5.92 Å². The highest BCUT2D eigenvalue weighted by molar-refractivity contribution is 6.30. The Morgan fingerprint density at radius 1 is 1.18 bits per heavy atom. The van der Waals surface area contributed by atoms with Crippen molar-refractivity contribution in [1.29, 1.82) is 0 Å². The minimum atomic E-state index is -0.182. The number of carbonyl (C=O) groups is 1. The highest BCUT2D eigenvalue weighted by Crippen LogP contribution is 2.25. The third-order valence-electron chi connectivity index (χ3n) is 4.83. The second-order valence-electron chi connectivity index (χ2n) is 8.68. The third-order valence-corrected chi connectivity index (χ3v) is 5.06. The van der Waals surface area contributed by atoms with E-state index in [0.29, 0.717) is 35.5 Å². The molecular formula is C25H32Cl2N4O2. The van der Waals surface area contributed by atoms with Gasteiger partial charge in [-0.2, -0.15) is 5.10 Å². The van der Waals surface area contributed by atoms with E-state index in [0.717, 1.165) is 29.1 Å². The molecule has 0 atom stereocenters. The molecule has 3 rings (SSSR count). The maximum Gasteiger partial charge on any atom is 0.256 e. The van der Waals surface area contributed by atoms with Gasteiger partial charge >= 0.3 is 0 Å². The zero-order valence-electron chi connectivity index (χ0n) is 19.8. The molecule has 1 N–H and O–H groups in total. The molecule has 0 fully saturated rings. The lowest BCUT2D eigenvalue weighted by Gasteiger charge is -2.14. The molecule has 0 spiro atoms. The average Bonchev–Trinajstić information content (AvgIpc) is 3.05. The van der Waals surface area contributed by atoms with E-state index in [1.807, 2.05) is 74.2 Å². The summed E-state index contributed by atoms with van der Waals surface area (Å²) in [6, 6.07) is 15.1. The molecule has 1 aromatic heterocycles. The Kier molecular flexibility index (Phi) is 9.77. The summed E-state index contributed by atoms with van der Waals surface area (Å²) in [5.41, 5.74) is 3.56. The monoisotopic (exact) mass is 490 g/mol. The van der Waals surface area contributed by atoms with Crippen LogP contribution >= 0.6 is 24.0 Å². The van der Waals surface area contributed by atoms with Crippen molar-refractivity contribution in [1.82, 2.24) is 14.7 Å². The Labute approximate surface area is 207 Å². The molecule has 8 heteroatoms. The van der Waals surface area contributed by atoms with E-state index in [9.17, 15) is 4.79 Å². The molecular weight excluding hydrogens is 459 g/mol. The highest BCUT2D eigenvalue weighted by atomic mass is 35.5. The van der Waals surface area contributed by atoms with Crippen LogP contribution in [0.3, 0.4) is 0 Å². The van der Waals surface area contributed by atoms with Crippen LogP contribution in [0.15, 0.2) is 48.5 Å². The number of nitrogens with one attached hydrogen (secondary N) is 1. The Morgan fingerprint density at radius 3 is 2.64 bits per heavy atom. The van der Waals surface area contributed by atoms with Crippen LogP contribution in [0.4, 0.5) is 5.82 Å². The summed E-state index contributed by atoms with van der Waals surface area (Å²) in [4.78, 5) is 14.8. The number of amides is 1. The predicted molar refractivity (Wildman–Crippen MR) is 137 cm³/mol. The summed E-state index contributed by atoms with van der Waals surface area (Å²) < 4.78 is 7.80. The van der Waals surface area contributed by atoms with Crippen molar-refractivity contribution in [3.8, 4) is 5.75 Å². The zero-order valence-corrected chi connectivity index (χ0v) is 21.3. The lowest BCUT2D eigenvalue weighted by atomic mass is 10.1. The van der Waals surface area contributed by atoms with Gasteiger partial charge in [0.25, 0.3) is 5.91 Å². The topological polar surface area (TPSA) is 59.4 Å². The van der Waals surface area contributed by atoms with Gasteiger partial charge in [0.2, 0.25) is 0 Å². The van der Waals surface area contributed by atoms with E-state index < -0.39 is 0 Å². The summed E-state index contributed by atoms with van der Waals surface area (Å²) >= 11 is 6.23. The summed E-state index contributed by atoms with van der Waals surface area (Å²) in [7, 11) is 4.00. The van der Waals surface area contributed by atoms with Gasteiger partial charge in [-0.1, -0.05) is 37.6 Å². The van der Waals surface area contributed by atoms with E-state index in [1.54, 1.807) is 0 Å². The SMILES string of the molecule is Cc1cc(NC(=O)c2cccc(CN(C)C)c2)nn1Cc1cc(Cl)ccc1OCC(C)C.Cl. The predicted octanol–water partition coefficient (Wildman–Crippen LogP) is 5.66. The molecule has 0 aliphatic carbocycles. The maximum atomic E-state index is 12.8. The van der Waals surface area contributed by atoms with Gasteiger partial charge in [0.15, 0.2) is 5.82 Å². The molecule has 0 aliphatic rings. The Hall–Kier alpha value is -2.54. The van der Waals surface area contributed by atoms with E-state index in [1.165, 1.54) is 0 Å². The summed E-state index contributed by atoms with van der Waals surface area (Å²) in [5, 5.41) is 8.14. The standard InChI is InChI=1S/C25H31ClN4O2.ClH/c1-17(2)16-32-23-10-9-22(26)13-21(23)15-30-18(3)11-24(28-30)27-25(31)20-8-6-7-19(12-20)14-29(4)5;/h6-13,17H,14-16H2,1-5H3,(H,27,28,31);1H. The number of nitrogens with zero attached hydrogens (tertiary/aromatic N) is 3. The minimum absolute atomic E-state index is 0. The van der Waals surface area contributed by atoms with Gasteiger partial charge in [-0.15, -0.1) is 12.4 Å². The summed E-state index contributed by atoms with van der Waals surface area (Å²) in [6.07, 6.45) is 0. The van der Waals surface area contributed by atoms with Crippen LogP contribution in [0.2, 0.25) is 5.02 Å². The normalized spacial score (nSPS) is 10.9. The Balaban J connectivity index is 0.00000385. The van der Waals surface area contributed by atoms with Crippen LogP contribution in [-0.4, -0.2) is 41.3 Å². The molecule has 0 saturated heterocycles. The number of hydrogen-bond acceptors (Lipinski definition) is 4.